The molecule has 2 aliphatic carbocycles. The molecule has 2 bridgehead atoms. The van der Waals surface area contributed by atoms with Crippen LogP contribution < -0.4 is 9.47 Å². The molecule has 1 N–H and O–H groups in total. The third-order valence-electron chi connectivity index (χ3n) is 9.83. The molecule has 2 aliphatic heterocycles. The molecule has 5 rings (SSSR count). The number of benzene rings is 1. The Morgan fingerprint density at radius 1 is 0.981 bits per heavy atom. The summed E-state index contributed by atoms with van der Waals surface area (Å²) in [5, 5.41) is 12.5. The zero-order valence-corrected chi connectivity index (χ0v) is 31.2. The topological polar surface area (TPSA) is 200 Å². The fraction of sp³-hybridized carbons (Fsp3) is 0.622. The Bertz CT molecular complexity index is 1700. The van der Waals surface area contributed by atoms with Gasteiger partial charge in [-0.3, -0.25) is 9.59 Å². The van der Waals surface area contributed by atoms with Crippen molar-refractivity contribution in [3.63, 3.8) is 0 Å². The second-order valence-electron chi connectivity index (χ2n) is 14.7. The molecule has 1 aromatic rings. The van der Waals surface area contributed by atoms with Crippen LogP contribution in [0.4, 0.5) is 4.79 Å². The van der Waals surface area contributed by atoms with Crippen LogP contribution in [0.3, 0.4) is 0 Å². The van der Waals surface area contributed by atoms with Gasteiger partial charge in [0.05, 0.1) is 17.6 Å². The predicted octanol–water partition coefficient (Wildman–Crippen LogP) is 2.96. The Kier molecular flexibility index (Phi) is 11.2. The molecule has 4 aliphatic rings. The van der Waals surface area contributed by atoms with Crippen LogP contribution >= 0.6 is 0 Å². The van der Waals surface area contributed by atoms with Crippen LogP contribution in [0, 0.1) is 0 Å². The number of ether oxygens (including phenoxy) is 8. The number of esters is 5. The number of rotatable bonds is 12. The Labute approximate surface area is 306 Å². The summed E-state index contributed by atoms with van der Waals surface area (Å²) in [5.74, 6) is -5.24. The van der Waals surface area contributed by atoms with Gasteiger partial charge < -0.3 is 47.9 Å². The number of likely N-dealkylation sites (tertiary alicyclic amines) is 1. The lowest BCUT2D eigenvalue weighted by atomic mass is 9.50. The van der Waals surface area contributed by atoms with E-state index < -0.39 is 77.0 Å². The van der Waals surface area contributed by atoms with E-state index in [0.29, 0.717) is 37.8 Å². The fourth-order valence-electron chi connectivity index (χ4n) is 7.58. The molecule has 0 saturated carbocycles. The number of likely N-dealkylation sites (N-methyl/N-ethyl adjacent to an activating group) is 1. The monoisotopic (exact) mass is 745 g/mol. The smallest absolute Gasteiger partial charge is 0.477 e. The van der Waals surface area contributed by atoms with Crippen LogP contribution in [0.15, 0.2) is 24.0 Å². The standard InChI is InChI=1S/C37H47NO15/c1-9-10-17-46-32(42)28(48-20(3)39)29(49-21(4)40)33(43)47-19(2)31(41)50-24-13-14-37(45)25-18-22-11-12-23(51-34(44)53-35(5,6)7)27-26(22)36(37,30(24)52-27)15-16-38(25)8/h11-13,19,25,28-30,45H,9-10,14-18H2,1-8H3/t19-,25+,28+,29+,30-,36-,37+/m0/s1. The first-order valence-electron chi connectivity index (χ1n) is 17.6. The van der Waals surface area contributed by atoms with Gasteiger partial charge >= 0.3 is 36.0 Å². The van der Waals surface area contributed by atoms with E-state index in [2.05, 4.69) is 4.90 Å². The summed E-state index contributed by atoms with van der Waals surface area (Å²) in [6, 6.07) is 3.11. The molecule has 1 fully saturated rings. The molecule has 1 aromatic carbocycles. The minimum absolute atomic E-state index is 0.0342. The van der Waals surface area contributed by atoms with Crippen LogP contribution in [0.1, 0.15) is 85.3 Å². The van der Waals surface area contributed by atoms with E-state index in [1.807, 2.05) is 20.0 Å². The Morgan fingerprint density at radius 3 is 2.26 bits per heavy atom. The van der Waals surface area contributed by atoms with E-state index in [-0.39, 0.29) is 36.3 Å². The van der Waals surface area contributed by atoms with Crippen molar-refractivity contribution in [1.82, 2.24) is 4.90 Å². The molecule has 16 nitrogen and oxygen atoms in total. The van der Waals surface area contributed by atoms with Gasteiger partial charge in [-0.05, 0) is 78.3 Å². The molecule has 53 heavy (non-hydrogen) atoms. The summed E-state index contributed by atoms with van der Waals surface area (Å²) in [7, 11) is 1.93. The van der Waals surface area contributed by atoms with Gasteiger partial charge in [-0.2, -0.15) is 0 Å². The summed E-state index contributed by atoms with van der Waals surface area (Å²) in [5.41, 5.74) is -1.77. The number of hydrogen-bond acceptors (Lipinski definition) is 16. The normalized spacial score (nSPS) is 25.6. The third-order valence-corrected chi connectivity index (χ3v) is 9.83. The number of unbranched alkanes of at least 4 members (excludes halogenated alkanes) is 1. The van der Waals surface area contributed by atoms with Gasteiger partial charge in [0, 0.05) is 31.9 Å². The molecule has 0 radical (unpaired) electrons. The highest BCUT2D eigenvalue weighted by Crippen LogP contribution is 2.65. The molecule has 1 saturated heterocycles. The molecule has 2 heterocycles. The maximum absolute atomic E-state index is 13.6. The average Bonchev–Trinajstić information content (AvgIpc) is 3.41. The van der Waals surface area contributed by atoms with Crippen molar-refractivity contribution in [1.29, 1.82) is 0 Å². The maximum atomic E-state index is 13.6. The SMILES string of the molecule is CCCCOC(=O)[C@H](OC(C)=O)[C@@H](OC(C)=O)C(=O)O[C@@H](C)C(=O)OC1=CC[C@@]2(O)[C@H]3Cc4ccc(OC(=O)OC(C)(C)C)c5c4[C@@]2(CCN3C)[C@H]1O5. The lowest BCUT2D eigenvalue weighted by molar-refractivity contribution is -0.194. The molecule has 0 amide bonds. The van der Waals surface area contributed by atoms with Gasteiger partial charge in [-0.15, -0.1) is 0 Å². The van der Waals surface area contributed by atoms with Gasteiger partial charge in [0.25, 0.3) is 0 Å². The lowest BCUT2D eigenvalue weighted by Crippen LogP contribution is -2.74. The first-order chi connectivity index (χ1) is 24.8. The Hall–Kier alpha value is -4.70. The van der Waals surface area contributed by atoms with Crippen molar-refractivity contribution >= 4 is 36.0 Å². The van der Waals surface area contributed by atoms with Crippen LogP contribution in [-0.2, 0) is 64.2 Å². The van der Waals surface area contributed by atoms with Crippen molar-refractivity contribution in [2.75, 3.05) is 20.2 Å². The average molecular weight is 746 g/mol. The maximum Gasteiger partial charge on any atom is 0.514 e. The van der Waals surface area contributed by atoms with Gasteiger partial charge in [0.15, 0.2) is 23.7 Å². The molecular formula is C37H47NO15. The zero-order chi connectivity index (χ0) is 39.0. The molecule has 290 valence electrons. The number of hydrogen-bond donors (Lipinski definition) is 1. The molecule has 0 unspecified atom stereocenters. The van der Waals surface area contributed by atoms with E-state index in [0.717, 1.165) is 19.4 Å². The number of nitrogens with zero attached hydrogens (tertiary/aromatic N) is 1. The third kappa shape index (κ3) is 7.56. The summed E-state index contributed by atoms with van der Waals surface area (Å²) in [6.07, 6.45) is -4.10. The summed E-state index contributed by atoms with van der Waals surface area (Å²) in [4.78, 5) is 78.4. The first-order valence-corrected chi connectivity index (χ1v) is 17.6. The van der Waals surface area contributed by atoms with Crippen LogP contribution in [0.2, 0.25) is 0 Å². The second-order valence-corrected chi connectivity index (χ2v) is 14.7. The van der Waals surface area contributed by atoms with Crippen LogP contribution in [0.25, 0.3) is 0 Å². The Balaban J connectivity index is 1.40. The summed E-state index contributed by atoms with van der Waals surface area (Å²) in [6.45, 7) is 10.6. The van der Waals surface area contributed by atoms with Crippen molar-refractivity contribution < 1.29 is 71.8 Å². The number of piperidine rings is 1. The zero-order valence-electron chi connectivity index (χ0n) is 31.2. The van der Waals surface area contributed by atoms with E-state index in [4.69, 9.17) is 37.9 Å². The first kappa shape index (κ1) is 39.5. The van der Waals surface area contributed by atoms with Crippen LogP contribution in [-0.4, -0.2) is 108 Å². The molecular weight excluding hydrogens is 698 g/mol. The fourth-order valence-corrected chi connectivity index (χ4v) is 7.58. The predicted molar refractivity (Wildman–Crippen MR) is 180 cm³/mol. The van der Waals surface area contributed by atoms with Crippen molar-refractivity contribution in [2.45, 2.75) is 128 Å². The van der Waals surface area contributed by atoms with E-state index >= 15 is 0 Å². The highest BCUT2D eigenvalue weighted by molar-refractivity contribution is 5.90. The van der Waals surface area contributed by atoms with Gasteiger partial charge in [0.2, 0.25) is 12.2 Å². The molecule has 0 aromatic heterocycles. The summed E-state index contributed by atoms with van der Waals surface area (Å²) >= 11 is 0. The highest BCUT2D eigenvalue weighted by atomic mass is 16.7. The quantitative estimate of drug-likeness (QED) is 0.142. The molecule has 16 heteroatoms. The summed E-state index contributed by atoms with van der Waals surface area (Å²) < 4.78 is 43.8. The van der Waals surface area contributed by atoms with Gasteiger partial charge in [0.1, 0.15) is 11.4 Å². The van der Waals surface area contributed by atoms with Crippen LogP contribution in [0.5, 0.6) is 11.5 Å². The van der Waals surface area contributed by atoms with E-state index in [1.165, 1.54) is 6.92 Å². The second kappa shape index (κ2) is 15.0. The largest absolute Gasteiger partial charge is 0.514 e. The lowest BCUT2D eigenvalue weighted by Gasteiger charge is -2.61. The minimum atomic E-state index is -2.10. The van der Waals surface area contributed by atoms with E-state index in [9.17, 15) is 33.9 Å². The Morgan fingerprint density at radius 2 is 1.64 bits per heavy atom. The molecule has 7 atom stereocenters. The minimum Gasteiger partial charge on any atom is -0.477 e. The van der Waals surface area contributed by atoms with Gasteiger partial charge in [-0.1, -0.05) is 19.4 Å². The number of carbonyl (C=O) groups excluding carboxylic acids is 6. The number of carbonyl (C=O) groups is 6. The van der Waals surface area contributed by atoms with E-state index in [1.54, 1.807) is 32.9 Å². The van der Waals surface area contributed by atoms with Crippen molar-refractivity contribution in [3.8, 4) is 11.5 Å². The van der Waals surface area contributed by atoms with Gasteiger partial charge in [-0.25, -0.2) is 19.2 Å². The van der Waals surface area contributed by atoms with Crippen molar-refractivity contribution in [2.24, 2.45) is 0 Å². The van der Waals surface area contributed by atoms with Crippen molar-refractivity contribution in [3.05, 3.63) is 35.1 Å². The highest BCUT2D eigenvalue weighted by Gasteiger charge is 2.72. The molecule has 1 spiro atoms. The number of aliphatic hydroxyl groups is 1.